The van der Waals surface area contributed by atoms with Crippen LogP contribution in [0.3, 0.4) is 0 Å². The lowest BCUT2D eigenvalue weighted by Crippen LogP contribution is -1.97. The maximum absolute atomic E-state index is 4.28. The van der Waals surface area contributed by atoms with E-state index >= 15 is 0 Å². The second kappa shape index (κ2) is 4.13. The van der Waals surface area contributed by atoms with Gasteiger partial charge in [0.1, 0.15) is 5.82 Å². The Morgan fingerprint density at radius 1 is 1.13 bits per heavy atom. The van der Waals surface area contributed by atoms with Crippen molar-refractivity contribution < 1.29 is 0 Å². The van der Waals surface area contributed by atoms with Gasteiger partial charge in [0, 0.05) is 11.9 Å². The van der Waals surface area contributed by atoms with E-state index in [4.69, 9.17) is 0 Å². The molecule has 0 spiro atoms. The largest absolute Gasteiger partial charge is 0.340 e. The van der Waals surface area contributed by atoms with Crippen molar-refractivity contribution in [3.05, 3.63) is 60.6 Å². The quantitative estimate of drug-likeness (QED) is 0.798. The third kappa shape index (κ3) is 2.15. The Morgan fingerprint density at radius 2 is 1.93 bits per heavy atom. The molecule has 0 aliphatic heterocycles. The molecule has 0 aliphatic rings. The first-order valence-electron chi connectivity index (χ1n) is 4.87. The first-order valence-corrected chi connectivity index (χ1v) is 4.87. The fourth-order valence-corrected chi connectivity index (χ4v) is 1.39. The fraction of sp³-hybridized carbons (Fsp3) is 0.0769. The zero-order chi connectivity index (χ0) is 10.7. The summed E-state index contributed by atoms with van der Waals surface area (Å²) >= 11 is 0. The second-order valence-corrected chi connectivity index (χ2v) is 3.45. The molecule has 75 valence electrons. The molecular weight excluding hydrogens is 184 g/mol. The van der Waals surface area contributed by atoms with Crippen LogP contribution in [0.5, 0.6) is 0 Å². The van der Waals surface area contributed by atoms with Gasteiger partial charge in [-0.1, -0.05) is 24.3 Å². The van der Waals surface area contributed by atoms with Crippen molar-refractivity contribution in [1.29, 1.82) is 0 Å². The van der Waals surface area contributed by atoms with Gasteiger partial charge in [-0.15, -0.1) is 0 Å². The van der Waals surface area contributed by atoms with E-state index in [1.54, 1.807) is 6.20 Å². The monoisotopic (exact) mass is 197 g/mol. The van der Waals surface area contributed by atoms with Crippen LogP contribution >= 0.6 is 0 Å². The van der Waals surface area contributed by atoms with E-state index in [-0.39, 0.29) is 0 Å². The summed E-state index contributed by atoms with van der Waals surface area (Å²) in [4.78, 5) is 4.28. The SMILES string of the molecule is [CH2]c1ccccc1Nc1ncccc1C. The third-order valence-corrected chi connectivity index (χ3v) is 2.28. The van der Waals surface area contributed by atoms with Crippen LogP contribution < -0.4 is 5.32 Å². The summed E-state index contributed by atoms with van der Waals surface area (Å²) in [5.41, 5.74) is 3.10. The van der Waals surface area contributed by atoms with Crippen LogP contribution in [0.25, 0.3) is 0 Å². The molecule has 1 aromatic heterocycles. The van der Waals surface area contributed by atoms with Gasteiger partial charge >= 0.3 is 0 Å². The first-order chi connectivity index (χ1) is 7.27. The predicted molar refractivity (Wildman–Crippen MR) is 63.2 cm³/mol. The fourth-order valence-electron chi connectivity index (χ4n) is 1.39. The Morgan fingerprint density at radius 3 is 2.67 bits per heavy atom. The maximum atomic E-state index is 4.28. The molecule has 1 radical (unpaired) electrons. The zero-order valence-corrected chi connectivity index (χ0v) is 8.70. The molecule has 0 fully saturated rings. The van der Waals surface area contributed by atoms with Crippen LogP contribution in [0.15, 0.2) is 42.6 Å². The molecule has 2 heteroatoms. The lowest BCUT2D eigenvalue weighted by atomic mass is 10.2. The number of hydrogen-bond acceptors (Lipinski definition) is 2. The van der Waals surface area contributed by atoms with E-state index in [0.717, 1.165) is 22.6 Å². The van der Waals surface area contributed by atoms with Crippen molar-refractivity contribution in [2.24, 2.45) is 0 Å². The van der Waals surface area contributed by atoms with Gasteiger partial charge in [-0.05, 0) is 37.1 Å². The Labute approximate surface area is 90.0 Å². The molecule has 0 amide bonds. The summed E-state index contributed by atoms with van der Waals surface area (Å²) in [6.07, 6.45) is 1.78. The van der Waals surface area contributed by atoms with Gasteiger partial charge in [-0.25, -0.2) is 4.98 Å². The number of pyridine rings is 1. The van der Waals surface area contributed by atoms with Gasteiger partial charge in [-0.3, -0.25) is 0 Å². The molecule has 1 heterocycles. The van der Waals surface area contributed by atoms with E-state index in [1.165, 1.54) is 0 Å². The van der Waals surface area contributed by atoms with Crippen molar-refractivity contribution in [3.63, 3.8) is 0 Å². The minimum atomic E-state index is 0.883. The highest BCUT2D eigenvalue weighted by molar-refractivity contribution is 5.63. The maximum Gasteiger partial charge on any atom is 0.133 e. The number of nitrogens with one attached hydrogen (secondary N) is 1. The molecule has 0 aliphatic carbocycles. The molecule has 2 aromatic rings. The van der Waals surface area contributed by atoms with Crippen LogP contribution in [-0.2, 0) is 0 Å². The summed E-state index contributed by atoms with van der Waals surface area (Å²) in [5, 5.41) is 3.27. The van der Waals surface area contributed by atoms with Crippen molar-refractivity contribution in [1.82, 2.24) is 4.98 Å². The summed E-state index contributed by atoms with van der Waals surface area (Å²) < 4.78 is 0. The Kier molecular flexibility index (Phi) is 2.68. The summed E-state index contributed by atoms with van der Waals surface area (Å²) in [6.45, 7) is 5.98. The number of anilines is 2. The third-order valence-electron chi connectivity index (χ3n) is 2.28. The number of benzene rings is 1. The highest BCUT2D eigenvalue weighted by Gasteiger charge is 2.00. The molecule has 15 heavy (non-hydrogen) atoms. The number of aryl methyl sites for hydroxylation is 1. The molecule has 0 saturated carbocycles. The molecular formula is C13H13N2. The van der Waals surface area contributed by atoms with Gasteiger partial charge < -0.3 is 5.32 Å². The highest BCUT2D eigenvalue weighted by atomic mass is 15.0. The van der Waals surface area contributed by atoms with Gasteiger partial charge in [-0.2, -0.15) is 0 Å². The van der Waals surface area contributed by atoms with Gasteiger partial charge in [0.05, 0.1) is 0 Å². The van der Waals surface area contributed by atoms with Gasteiger partial charge in [0.2, 0.25) is 0 Å². The minimum Gasteiger partial charge on any atom is -0.340 e. The number of rotatable bonds is 2. The Balaban J connectivity index is 2.30. The van der Waals surface area contributed by atoms with Crippen molar-refractivity contribution in [2.75, 3.05) is 5.32 Å². The molecule has 2 nitrogen and oxygen atoms in total. The van der Waals surface area contributed by atoms with Crippen LogP contribution in [0.2, 0.25) is 0 Å². The standard InChI is InChI=1S/C13H13N2/c1-10-6-3-4-8-12(10)15-13-11(2)7-5-9-14-13/h3-9H,1H2,2H3,(H,14,15). The van der Waals surface area contributed by atoms with E-state index in [9.17, 15) is 0 Å². The van der Waals surface area contributed by atoms with Crippen LogP contribution in [0.1, 0.15) is 11.1 Å². The Bertz CT molecular complexity index is 420. The van der Waals surface area contributed by atoms with Crippen molar-refractivity contribution in [3.8, 4) is 0 Å². The van der Waals surface area contributed by atoms with E-state index in [1.807, 2.05) is 43.3 Å². The average molecular weight is 197 g/mol. The zero-order valence-electron chi connectivity index (χ0n) is 8.70. The molecule has 0 bridgehead atoms. The molecule has 0 saturated heterocycles. The number of nitrogens with zero attached hydrogens (tertiary/aromatic N) is 1. The number of aromatic nitrogens is 1. The summed E-state index contributed by atoms with van der Waals surface area (Å²) in [6, 6.07) is 11.9. The highest BCUT2D eigenvalue weighted by Crippen LogP contribution is 2.20. The first kappa shape index (κ1) is 9.71. The van der Waals surface area contributed by atoms with Crippen LogP contribution in [-0.4, -0.2) is 4.98 Å². The molecule has 1 aromatic carbocycles. The minimum absolute atomic E-state index is 0.883. The average Bonchev–Trinajstić information content (AvgIpc) is 2.24. The van der Waals surface area contributed by atoms with E-state index < -0.39 is 0 Å². The van der Waals surface area contributed by atoms with Crippen molar-refractivity contribution in [2.45, 2.75) is 6.92 Å². The topological polar surface area (TPSA) is 24.9 Å². The second-order valence-electron chi connectivity index (χ2n) is 3.45. The van der Waals surface area contributed by atoms with Crippen LogP contribution in [0.4, 0.5) is 11.5 Å². The van der Waals surface area contributed by atoms with E-state index in [0.29, 0.717) is 0 Å². The molecule has 2 rings (SSSR count). The normalized spacial score (nSPS) is 10.0. The lowest BCUT2D eigenvalue weighted by Gasteiger charge is -2.09. The van der Waals surface area contributed by atoms with Crippen molar-refractivity contribution >= 4 is 11.5 Å². The molecule has 1 N–H and O–H groups in total. The molecule has 0 unspecified atom stereocenters. The van der Waals surface area contributed by atoms with Gasteiger partial charge in [0.15, 0.2) is 0 Å². The predicted octanol–water partition coefficient (Wildman–Crippen LogP) is 3.32. The van der Waals surface area contributed by atoms with E-state index in [2.05, 4.69) is 17.2 Å². The lowest BCUT2D eigenvalue weighted by molar-refractivity contribution is 1.25. The smallest absolute Gasteiger partial charge is 0.133 e. The van der Waals surface area contributed by atoms with Gasteiger partial charge in [0.25, 0.3) is 0 Å². The number of hydrogen-bond donors (Lipinski definition) is 1. The molecule has 0 atom stereocenters. The summed E-state index contributed by atoms with van der Waals surface area (Å²) in [5.74, 6) is 0.883. The number of para-hydroxylation sites is 1. The Hall–Kier alpha value is -1.83. The van der Waals surface area contributed by atoms with Crippen LogP contribution in [0, 0.1) is 13.8 Å². The summed E-state index contributed by atoms with van der Waals surface area (Å²) in [7, 11) is 0.